The average Bonchev–Trinajstić information content (AvgIpc) is 0.722. The van der Waals surface area contributed by atoms with Gasteiger partial charge in [0.15, 0.2) is 0 Å². The Kier molecular flexibility index (Phi) is 6.61. The van der Waals surface area contributed by atoms with E-state index in [9.17, 15) is 0 Å². The maximum absolute atomic E-state index is 8.88. The van der Waals surface area contributed by atoms with Crippen LogP contribution < -0.4 is 51.4 Å². The minimum absolute atomic E-state index is 0. The normalized spacial score (nSPS) is 9.83. The number of hydrogen-bond acceptors (Lipinski definition) is 1. The largest absolute Gasteiger partial charge is 1.00 e. The van der Waals surface area contributed by atoms with E-state index in [0.717, 1.165) is 0 Å². The van der Waals surface area contributed by atoms with Crippen molar-refractivity contribution in [2.24, 2.45) is 0 Å². The second-order valence-electron chi connectivity index (χ2n) is 0.513. The molecule has 0 aromatic carbocycles. The van der Waals surface area contributed by atoms with Gasteiger partial charge in [0.1, 0.15) is 0 Å². The molecule has 0 aromatic rings. The Morgan fingerprint density at radius 1 is 1.50 bits per heavy atom. The molecule has 4 nitrogen and oxygen atoms in total. The molecule has 34 valence electrons. The quantitative estimate of drug-likeness (QED) is 0.246. The van der Waals surface area contributed by atoms with Crippen molar-refractivity contribution in [2.75, 3.05) is 0 Å². The minimum Gasteiger partial charge on any atom is -1.00 e. The molecule has 0 aliphatic carbocycles. The molecule has 0 spiro atoms. The van der Waals surface area contributed by atoms with Crippen LogP contribution in [0.4, 0.5) is 0 Å². The fraction of sp³-hybridized carbons (Fsp3) is 0. The predicted octanol–water partition coefficient (Wildman–Crippen LogP) is -3.25. The summed E-state index contributed by atoms with van der Waals surface area (Å²) in [5.74, 6) is 0. The molecule has 0 fully saturated rings. The third-order valence-corrected chi connectivity index (χ3v) is 0. The van der Waals surface area contributed by atoms with E-state index in [1.807, 2.05) is 0 Å². The van der Waals surface area contributed by atoms with Crippen LogP contribution in [0.2, 0.25) is 0 Å². The van der Waals surface area contributed by atoms with Crippen LogP contribution in [-0.4, -0.2) is 14.7 Å². The van der Waals surface area contributed by atoms with Gasteiger partial charge in [0.05, 0.1) is 0 Å². The van der Waals surface area contributed by atoms with Gasteiger partial charge in [0.2, 0.25) is 0 Å². The maximum Gasteiger partial charge on any atom is 1.00 e. The molecular formula is H9KO4P+5. The Balaban J connectivity index is -0.00000000381. The van der Waals surface area contributed by atoms with Gasteiger partial charge in [-0.3, -0.25) is 0 Å². The van der Waals surface area contributed by atoms with Crippen molar-refractivity contribution in [2.45, 2.75) is 0 Å². The Hall–Kier alpha value is 1.75. The van der Waals surface area contributed by atoms with Crippen LogP contribution in [0.25, 0.3) is 0 Å². The summed E-state index contributed by atoms with van der Waals surface area (Å²) in [6.45, 7) is 0. The molecule has 0 atom stereocenters. The molecule has 0 amide bonds. The standard InChI is InChI=1S/K.H3O4P.H/c;1-5(2,3)4;/h;(H3,1,2,3,4);/q+1;;-1/p+5. The van der Waals surface area contributed by atoms with Crippen LogP contribution in [0.15, 0.2) is 0 Å². The van der Waals surface area contributed by atoms with Crippen LogP contribution in [0.5, 0.6) is 0 Å². The first-order chi connectivity index (χ1) is 2.00. The Labute approximate surface area is 86.1 Å². The van der Waals surface area contributed by atoms with E-state index < -0.39 is 7.82 Å². The van der Waals surface area contributed by atoms with Crippen LogP contribution >= 0.6 is 7.82 Å². The molecule has 0 aromatic heterocycles. The average molecular weight is 143 g/mol. The summed E-state index contributed by atoms with van der Waals surface area (Å²) in [7, 11) is -4.64. The molecule has 0 saturated carbocycles. The molecule has 0 unspecified atom stereocenters. The Morgan fingerprint density at radius 2 is 1.50 bits per heavy atom. The third kappa shape index (κ3) is 42.4. The molecule has 0 saturated heterocycles. The fourth-order valence-electron chi connectivity index (χ4n) is 0. The fourth-order valence-corrected chi connectivity index (χ4v) is 0. The van der Waals surface area contributed by atoms with Gasteiger partial charge < -0.3 is 16.1 Å². The van der Waals surface area contributed by atoms with Crippen molar-refractivity contribution < 1.29 is 79.2 Å². The van der Waals surface area contributed by atoms with Crippen molar-refractivity contribution in [1.82, 2.24) is 0 Å². The number of phosphoric acid groups is 1. The molecule has 0 radical (unpaired) electrons. The monoisotopic (exact) mass is 143 g/mol. The van der Waals surface area contributed by atoms with Crippen molar-refractivity contribution in [3.63, 3.8) is 0 Å². The molecule has 0 bridgehead atoms. The van der Waals surface area contributed by atoms with Crippen LogP contribution in [0.3, 0.4) is 0 Å². The van der Waals surface area contributed by atoms with Gasteiger partial charge in [0.25, 0.3) is 0 Å². The van der Waals surface area contributed by atoms with E-state index in [-0.39, 0.29) is 59.9 Å². The summed E-state index contributed by atoms with van der Waals surface area (Å²) < 4.78 is 8.88. The smallest absolute Gasteiger partial charge is 1.00 e. The topological polar surface area (TPSA) is 77.8 Å². The zero-order valence-electron chi connectivity index (χ0n) is 9.20. The molecule has 0 aliphatic heterocycles. The van der Waals surface area contributed by atoms with Crippen molar-refractivity contribution in [3.05, 3.63) is 0 Å². The molecule has 6 heteroatoms. The van der Waals surface area contributed by atoms with Crippen molar-refractivity contribution in [1.29, 1.82) is 0 Å². The summed E-state index contributed by atoms with van der Waals surface area (Å²) in [4.78, 5) is 21.6. The molecular weight excluding hydrogens is 134 g/mol. The van der Waals surface area contributed by atoms with Gasteiger partial charge in [-0.15, -0.1) is 0 Å². The summed E-state index contributed by atoms with van der Waals surface area (Å²) in [6.07, 6.45) is 0. The Morgan fingerprint density at radius 3 is 1.50 bits per heavy atom. The minimum atomic E-state index is -4.64. The summed E-state index contributed by atoms with van der Waals surface area (Å²) in [6, 6.07) is 0. The summed E-state index contributed by atoms with van der Waals surface area (Å²) in [5.41, 5.74) is 0. The second kappa shape index (κ2) is 3.71. The van der Waals surface area contributed by atoms with Gasteiger partial charge in [0, 0.05) is 0 Å². The zero-order valence-corrected chi connectivity index (χ0v) is 7.21. The molecule has 0 aliphatic rings. The zero-order chi connectivity index (χ0) is 4.50. The van der Waals surface area contributed by atoms with E-state index in [2.05, 4.69) is 0 Å². The first-order valence-electron chi connectivity index (χ1n) is 0.783. The first kappa shape index (κ1) is 10.7. The molecule has 6 heavy (non-hydrogen) atoms. The van der Waals surface area contributed by atoms with Crippen LogP contribution in [0, 0.1) is 0 Å². The number of hydrogen-bond donors (Lipinski definition) is 3. The third-order valence-electron chi connectivity index (χ3n) is 0. The Bertz CT molecular complexity index is 65.7. The van der Waals surface area contributed by atoms with Gasteiger partial charge in [-0.2, -0.15) is 0 Å². The van der Waals surface area contributed by atoms with E-state index in [1.165, 1.54) is 0 Å². The van der Waals surface area contributed by atoms with Gasteiger partial charge in [-0.1, -0.05) is 0 Å². The SMILES string of the molecule is O=P(O)(O)O.[H+].[H+].[H+].[H+].[H+].[H-].[K+]. The van der Waals surface area contributed by atoms with E-state index in [4.69, 9.17) is 19.2 Å². The van der Waals surface area contributed by atoms with Gasteiger partial charge >= 0.3 is 66.3 Å². The van der Waals surface area contributed by atoms with E-state index >= 15 is 0 Å². The van der Waals surface area contributed by atoms with E-state index in [1.54, 1.807) is 0 Å². The number of rotatable bonds is 0. The van der Waals surface area contributed by atoms with Crippen molar-refractivity contribution >= 4 is 7.82 Å². The molecule has 3 N–H and O–H groups in total. The summed E-state index contributed by atoms with van der Waals surface area (Å²) >= 11 is 0. The second-order valence-corrected chi connectivity index (χ2v) is 1.54. The molecule has 0 rings (SSSR count). The maximum atomic E-state index is 8.88. The van der Waals surface area contributed by atoms with Gasteiger partial charge in [-0.05, 0) is 0 Å². The van der Waals surface area contributed by atoms with Crippen LogP contribution in [-0.2, 0) is 4.57 Å². The molecule has 0 heterocycles. The summed E-state index contributed by atoms with van der Waals surface area (Å²) in [5, 5.41) is 0. The van der Waals surface area contributed by atoms with Crippen LogP contribution in [0.1, 0.15) is 8.56 Å². The first-order valence-corrected chi connectivity index (χ1v) is 2.35. The predicted molar refractivity (Wildman–Crippen MR) is 20.9 cm³/mol. The van der Waals surface area contributed by atoms with Gasteiger partial charge in [-0.25, -0.2) is 4.57 Å². The van der Waals surface area contributed by atoms with Crippen molar-refractivity contribution in [3.8, 4) is 0 Å². The van der Waals surface area contributed by atoms with E-state index in [0.29, 0.717) is 0 Å².